The molecule has 3 nitrogen and oxygen atoms in total. The fourth-order valence-corrected chi connectivity index (χ4v) is 3.54. The summed E-state index contributed by atoms with van der Waals surface area (Å²) in [6.07, 6.45) is 4.95. The third-order valence-corrected chi connectivity index (χ3v) is 4.93. The molecule has 3 heteroatoms. The van der Waals surface area contributed by atoms with Crippen molar-refractivity contribution in [3.63, 3.8) is 0 Å². The van der Waals surface area contributed by atoms with Gasteiger partial charge in [0.2, 0.25) is 0 Å². The van der Waals surface area contributed by atoms with Crippen LogP contribution in [-0.2, 0) is 6.54 Å². The number of aliphatic hydroxyl groups excluding tert-OH is 1. The first kappa shape index (κ1) is 17.5. The van der Waals surface area contributed by atoms with Crippen molar-refractivity contribution < 1.29 is 5.11 Å². The van der Waals surface area contributed by atoms with Crippen LogP contribution in [0.15, 0.2) is 30.3 Å². The number of nitrogens with zero attached hydrogens (tertiary/aromatic N) is 2. The Balaban J connectivity index is 1.71. The summed E-state index contributed by atoms with van der Waals surface area (Å²) < 4.78 is 0. The maximum atomic E-state index is 10.4. The summed E-state index contributed by atoms with van der Waals surface area (Å²) >= 11 is 0. The van der Waals surface area contributed by atoms with Gasteiger partial charge in [0.15, 0.2) is 0 Å². The fourth-order valence-electron chi connectivity index (χ4n) is 3.54. The van der Waals surface area contributed by atoms with Gasteiger partial charge in [0.05, 0.1) is 6.10 Å². The molecule has 0 aromatic heterocycles. The van der Waals surface area contributed by atoms with E-state index in [0.717, 1.165) is 25.6 Å². The molecule has 1 aliphatic rings. The molecule has 0 heterocycles. The van der Waals surface area contributed by atoms with Crippen molar-refractivity contribution in [3.8, 4) is 0 Å². The van der Waals surface area contributed by atoms with Crippen molar-refractivity contribution in [2.75, 3.05) is 27.2 Å². The molecule has 0 spiro atoms. The van der Waals surface area contributed by atoms with E-state index in [1.165, 1.54) is 31.2 Å². The van der Waals surface area contributed by atoms with Gasteiger partial charge in [-0.05, 0) is 51.3 Å². The molecule has 1 aromatic rings. The number of hydrogen-bond donors (Lipinski definition) is 1. The van der Waals surface area contributed by atoms with E-state index < -0.39 is 0 Å². The minimum absolute atomic E-state index is 0.280. The molecule has 22 heavy (non-hydrogen) atoms. The minimum Gasteiger partial charge on any atom is -0.390 e. The predicted molar refractivity (Wildman–Crippen MR) is 92.8 cm³/mol. The molecule has 1 atom stereocenters. The second kappa shape index (κ2) is 8.66. The molecule has 2 rings (SSSR count). The zero-order chi connectivity index (χ0) is 15.9. The highest BCUT2D eigenvalue weighted by Gasteiger charge is 2.23. The lowest BCUT2D eigenvalue weighted by molar-refractivity contribution is 0.0626. The Morgan fingerprint density at radius 1 is 1.05 bits per heavy atom. The molecule has 124 valence electrons. The molecule has 1 saturated carbocycles. The van der Waals surface area contributed by atoms with Gasteiger partial charge < -0.3 is 10.0 Å². The molecular weight excluding hydrogens is 272 g/mol. The van der Waals surface area contributed by atoms with Crippen LogP contribution in [0.2, 0.25) is 0 Å². The Hall–Kier alpha value is -0.900. The standard InChI is InChI=1S/C19H32N2O/c1-16-9-11-18(12-10-16)21(3)15-19(22)14-20(2)13-17-7-5-4-6-8-17/h4-8,16,18-19,22H,9-15H2,1-3H3. The van der Waals surface area contributed by atoms with E-state index >= 15 is 0 Å². The van der Waals surface area contributed by atoms with Crippen molar-refractivity contribution in [1.82, 2.24) is 9.80 Å². The summed E-state index contributed by atoms with van der Waals surface area (Å²) in [5.41, 5.74) is 1.30. The molecule has 0 bridgehead atoms. The highest BCUT2D eigenvalue weighted by Crippen LogP contribution is 2.26. The van der Waals surface area contributed by atoms with Crippen LogP contribution in [0, 0.1) is 5.92 Å². The predicted octanol–water partition coefficient (Wildman–Crippen LogP) is 2.99. The Morgan fingerprint density at radius 2 is 1.68 bits per heavy atom. The Morgan fingerprint density at radius 3 is 2.32 bits per heavy atom. The fraction of sp³-hybridized carbons (Fsp3) is 0.684. The van der Waals surface area contributed by atoms with Crippen LogP contribution in [0.5, 0.6) is 0 Å². The van der Waals surface area contributed by atoms with Gasteiger partial charge in [-0.1, -0.05) is 37.3 Å². The molecule has 0 amide bonds. The average Bonchev–Trinajstić information content (AvgIpc) is 2.48. The first-order valence-corrected chi connectivity index (χ1v) is 8.65. The van der Waals surface area contributed by atoms with Crippen LogP contribution in [0.3, 0.4) is 0 Å². The van der Waals surface area contributed by atoms with Gasteiger partial charge in [-0.25, -0.2) is 0 Å². The zero-order valence-corrected chi connectivity index (χ0v) is 14.4. The minimum atomic E-state index is -0.280. The molecule has 1 fully saturated rings. The van der Waals surface area contributed by atoms with E-state index in [0.29, 0.717) is 6.04 Å². The molecule has 0 saturated heterocycles. The second-order valence-electron chi connectivity index (χ2n) is 7.19. The molecule has 1 unspecified atom stereocenters. The van der Waals surface area contributed by atoms with Gasteiger partial charge in [0, 0.05) is 25.7 Å². The van der Waals surface area contributed by atoms with Crippen LogP contribution in [-0.4, -0.2) is 54.2 Å². The summed E-state index contributed by atoms with van der Waals surface area (Å²) in [5, 5.41) is 10.4. The number of benzene rings is 1. The zero-order valence-electron chi connectivity index (χ0n) is 14.4. The van der Waals surface area contributed by atoms with Crippen molar-refractivity contribution in [2.24, 2.45) is 5.92 Å². The van der Waals surface area contributed by atoms with Gasteiger partial charge in [0.25, 0.3) is 0 Å². The summed E-state index contributed by atoms with van der Waals surface area (Å²) in [5.74, 6) is 0.881. The third-order valence-electron chi connectivity index (χ3n) is 4.93. The lowest BCUT2D eigenvalue weighted by Gasteiger charge is -2.35. The number of hydrogen-bond acceptors (Lipinski definition) is 3. The number of rotatable bonds is 7. The molecule has 0 radical (unpaired) electrons. The van der Waals surface area contributed by atoms with Crippen molar-refractivity contribution in [3.05, 3.63) is 35.9 Å². The maximum Gasteiger partial charge on any atom is 0.0793 e. The third kappa shape index (κ3) is 5.71. The molecule has 1 aliphatic carbocycles. The highest BCUT2D eigenvalue weighted by molar-refractivity contribution is 5.14. The Kier molecular flexibility index (Phi) is 6.87. The summed E-state index contributed by atoms with van der Waals surface area (Å²) in [6, 6.07) is 11.1. The quantitative estimate of drug-likeness (QED) is 0.839. The average molecular weight is 304 g/mol. The van der Waals surface area contributed by atoms with Crippen molar-refractivity contribution in [1.29, 1.82) is 0 Å². The summed E-state index contributed by atoms with van der Waals surface area (Å²) in [4.78, 5) is 4.57. The van der Waals surface area contributed by atoms with E-state index in [4.69, 9.17) is 0 Å². The van der Waals surface area contributed by atoms with Gasteiger partial charge in [-0.15, -0.1) is 0 Å². The monoisotopic (exact) mass is 304 g/mol. The van der Waals surface area contributed by atoms with Crippen LogP contribution in [0.1, 0.15) is 38.2 Å². The lowest BCUT2D eigenvalue weighted by atomic mass is 9.86. The molecule has 1 N–H and O–H groups in total. The van der Waals surface area contributed by atoms with E-state index in [1.54, 1.807) is 0 Å². The van der Waals surface area contributed by atoms with Gasteiger partial charge in [0.1, 0.15) is 0 Å². The molecule has 0 aliphatic heterocycles. The second-order valence-corrected chi connectivity index (χ2v) is 7.19. The summed E-state index contributed by atoms with van der Waals surface area (Å²) in [6.45, 7) is 4.74. The first-order chi connectivity index (χ1) is 10.5. The van der Waals surface area contributed by atoms with E-state index in [9.17, 15) is 5.11 Å². The van der Waals surface area contributed by atoms with Crippen molar-refractivity contribution in [2.45, 2.75) is 51.3 Å². The van der Waals surface area contributed by atoms with E-state index in [1.807, 2.05) is 6.07 Å². The molecule has 1 aromatic carbocycles. The molecular formula is C19H32N2O. The van der Waals surface area contributed by atoms with Crippen LogP contribution in [0.25, 0.3) is 0 Å². The highest BCUT2D eigenvalue weighted by atomic mass is 16.3. The Bertz CT molecular complexity index is 415. The topological polar surface area (TPSA) is 26.7 Å². The summed E-state index contributed by atoms with van der Waals surface area (Å²) in [7, 11) is 4.25. The van der Waals surface area contributed by atoms with Crippen LogP contribution < -0.4 is 0 Å². The van der Waals surface area contributed by atoms with Gasteiger partial charge in [-0.2, -0.15) is 0 Å². The first-order valence-electron chi connectivity index (χ1n) is 8.65. The number of likely N-dealkylation sites (N-methyl/N-ethyl adjacent to an activating group) is 2. The largest absolute Gasteiger partial charge is 0.390 e. The normalized spacial score (nSPS) is 23.9. The van der Waals surface area contributed by atoms with E-state index in [-0.39, 0.29) is 6.10 Å². The smallest absolute Gasteiger partial charge is 0.0793 e. The van der Waals surface area contributed by atoms with Crippen LogP contribution in [0.4, 0.5) is 0 Å². The lowest BCUT2D eigenvalue weighted by Crippen LogP contribution is -2.42. The Labute approximate surface area is 135 Å². The van der Waals surface area contributed by atoms with Crippen molar-refractivity contribution >= 4 is 0 Å². The van der Waals surface area contributed by atoms with Gasteiger partial charge in [-0.3, -0.25) is 4.90 Å². The van der Waals surface area contributed by atoms with Gasteiger partial charge >= 0.3 is 0 Å². The SMILES string of the molecule is CC1CCC(N(C)CC(O)CN(C)Cc2ccccc2)CC1. The van der Waals surface area contributed by atoms with Crippen LogP contribution >= 0.6 is 0 Å². The van der Waals surface area contributed by atoms with E-state index in [2.05, 4.69) is 55.1 Å². The maximum absolute atomic E-state index is 10.4. The number of aliphatic hydroxyl groups is 1.